The maximum absolute atomic E-state index is 13.6. The molecule has 2 aromatic heterocycles. The van der Waals surface area contributed by atoms with Crippen LogP contribution in [0.4, 0.5) is 5.13 Å². The fraction of sp³-hybridized carbons (Fsp3) is 0.160. The number of carbonyl (C=O) groups is 3. The van der Waals surface area contributed by atoms with E-state index in [0.29, 0.717) is 26.7 Å². The number of carbonyl (C=O) groups excluding carboxylic acids is 3. The molecule has 0 fully saturated rings. The van der Waals surface area contributed by atoms with Gasteiger partial charge in [0, 0.05) is 11.9 Å². The first-order valence-electron chi connectivity index (χ1n) is 10.5. The summed E-state index contributed by atoms with van der Waals surface area (Å²) in [5, 5.41) is 0.848. The Hall–Kier alpha value is -3.82. The largest absolute Gasteiger partial charge is 0.465 e. The van der Waals surface area contributed by atoms with Crippen molar-refractivity contribution in [2.75, 3.05) is 12.0 Å². The van der Waals surface area contributed by atoms with Crippen LogP contribution in [0, 0.1) is 6.92 Å². The van der Waals surface area contributed by atoms with E-state index < -0.39 is 23.3 Å². The van der Waals surface area contributed by atoms with Crippen molar-refractivity contribution < 1.29 is 23.5 Å². The number of Topliss-reactive ketones (excluding diaryl/α,β-unsaturated/α-hetero) is 1. The standard InChI is InChI=1S/C25H17ClN2O6S/c1-11-22(12(2)29)35-25(27-11)28-19(13-4-6-14(7-5-13)24(32)33-3)18-20(30)16-10-15(26)8-9-17(16)34-21(18)23(28)31/h4-10,19H,1-3H3. The van der Waals surface area contributed by atoms with Gasteiger partial charge in [0.1, 0.15) is 5.58 Å². The van der Waals surface area contributed by atoms with Crippen LogP contribution < -0.4 is 10.3 Å². The van der Waals surface area contributed by atoms with Crippen LogP contribution in [0.2, 0.25) is 5.02 Å². The normalized spacial score (nSPS) is 14.9. The van der Waals surface area contributed by atoms with E-state index in [4.69, 9.17) is 20.8 Å². The number of rotatable bonds is 4. The average molecular weight is 509 g/mol. The van der Waals surface area contributed by atoms with Crippen molar-refractivity contribution in [2.45, 2.75) is 19.9 Å². The second kappa shape index (κ2) is 8.44. The molecule has 4 aromatic rings. The smallest absolute Gasteiger partial charge is 0.337 e. The molecule has 2 aromatic carbocycles. The van der Waals surface area contributed by atoms with E-state index in [1.807, 2.05) is 0 Å². The molecule has 1 aliphatic heterocycles. The van der Waals surface area contributed by atoms with Crippen LogP contribution in [-0.2, 0) is 4.74 Å². The molecule has 176 valence electrons. The Balaban J connectivity index is 1.77. The Bertz CT molecular complexity index is 1600. The summed E-state index contributed by atoms with van der Waals surface area (Å²) in [7, 11) is 1.28. The maximum Gasteiger partial charge on any atom is 0.337 e. The van der Waals surface area contributed by atoms with Crippen molar-refractivity contribution >= 4 is 56.7 Å². The van der Waals surface area contributed by atoms with Crippen molar-refractivity contribution in [2.24, 2.45) is 0 Å². The lowest BCUT2D eigenvalue weighted by Crippen LogP contribution is -2.29. The van der Waals surface area contributed by atoms with Crippen molar-refractivity contribution in [3.05, 3.63) is 90.7 Å². The zero-order valence-electron chi connectivity index (χ0n) is 18.7. The molecular weight excluding hydrogens is 492 g/mol. The van der Waals surface area contributed by atoms with Crippen molar-refractivity contribution in [3.63, 3.8) is 0 Å². The Kier molecular flexibility index (Phi) is 5.53. The van der Waals surface area contributed by atoms with Gasteiger partial charge < -0.3 is 9.15 Å². The summed E-state index contributed by atoms with van der Waals surface area (Å²) < 4.78 is 10.7. The van der Waals surface area contributed by atoms with E-state index in [-0.39, 0.29) is 33.2 Å². The molecule has 0 saturated heterocycles. The second-order valence-electron chi connectivity index (χ2n) is 7.97. The highest BCUT2D eigenvalue weighted by atomic mass is 35.5. The van der Waals surface area contributed by atoms with Crippen LogP contribution in [0.5, 0.6) is 0 Å². The SMILES string of the molecule is COC(=O)c1ccc(C2c3c(oc4ccc(Cl)cc4c3=O)C(=O)N2c2nc(C)c(C(C)=O)s2)cc1. The number of hydrogen-bond acceptors (Lipinski definition) is 8. The molecule has 0 N–H and O–H groups in total. The van der Waals surface area contributed by atoms with Crippen LogP contribution in [0.25, 0.3) is 11.0 Å². The second-order valence-corrected chi connectivity index (χ2v) is 9.39. The lowest BCUT2D eigenvalue weighted by Gasteiger charge is -2.22. The first-order valence-corrected chi connectivity index (χ1v) is 11.7. The molecule has 0 saturated carbocycles. The highest BCUT2D eigenvalue weighted by Crippen LogP contribution is 2.43. The van der Waals surface area contributed by atoms with E-state index in [1.54, 1.807) is 37.3 Å². The monoisotopic (exact) mass is 508 g/mol. The number of halogens is 1. The number of ketones is 1. The van der Waals surface area contributed by atoms with E-state index in [2.05, 4.69) is 4.98 Å². The Morgan fingerprint density at radius 3 is 2.49 bits per heavy atom. The van der Waals surface area contributed by atoms with Crippen LogP contribution in [0.1, 0.15) is 60.4 Å². The highest BCUT2D eigenvalue weighted by Gasteiger charge is 2.45. The molecule has 3 heterocycles. The van der Waals surface area contributed by atoms with E-state index in [9.17, 15) is 19.2 Å². The number of anilines is 1. The van der Waals surface area contributed by atoms with Crippen LogP contribution in [0.15, 0.2) is 51.7 Å². The van der Waals surface area contributed by atoms with E-state index in [0.717, 1.165) is 11.3 Å². The first-order chi connectivity index (χ1) is 16.7. The predicted molar refractivity (Wildman–Crippen MR) is 131 cm³/mol. The minimum atomic E-state index is -0.894. The van der Waals surface area contributed by atoms with Gasteiger partial charge in [-0.25, -0.2) is 9.78 Å². The van der Waals surface area contributed by atoms with E-state index >= 15 is 0 Å². The third kappa shape index (κ3) is 3.64. The number of hydrogen-bond donors (Lipinski definition) is 0. The summed E-state index contributed by atoms with van der Waals surface area (Å²) in [5.74, 6) is -1.36. The Labute approximate surface area is 207 Å². The fourth-order valence-electron chi connectivity index (χ4n) is 4.19. The number of benzene rings is 2. The van der Waals surface area contributed by atoms with E-state index in [1.165, 1.54) is 31.1 Å². The molecule has 1 atom stereocenters. The molecule has 0 aliphatic carbocycles. The number of fused-ring (bicyclic) bond motifs is 2. The van der Waals surface area contributed by atoms with Gasteiger partial charge in [-0.05, 0) is 42.8 Å². The number of thiazole rings is 1. The Morgan fingerprint density at radius 1 is 1.14 bits per heavy atom. The van der Waals surface area contributed by atoms with Gasteiger partial charge in [-0.1, -0.05) is 35.1 Å². The number of methoxy groups -OCH3 is 1. The third-order valence-corrected chi connectivity index (χ3v) is 7.28. The Morgan fingerprint density at radius 2 is 1.86 bits per heavy atom. The summed E-state index contributed by atoms with van der Waals surface area (Å²) in [4.78, 5) is 57.5. The lowest BCUT2D eigenvalue weighted by atomic mass is 9.97. The van der Waals surface area contributed by atoms with Gasteiger partial charge in [0.25, 0.3) is 5.91 Å². The predicted octanol–water partition coefficient (Wildman–Crippen LogP) is 4.95. The van der Waals surface area contributed by atoms with Gasteiger partial charge in [0.05, 0.1) is 40.2 Å². The molecule has 0 bridgehead atoms. The molecule has 5 rings (SSSR count). The van der Waals surface area contributed by atoms with Gasteiger partial charge in [-0.2, -0.15) is 0 Å². The number of aromatic nitrogens is 1. The van der Waals surface area contributed by atoms with Gasteiger partial charge in [0.15, 0.2) is 16.3 Å². The first kappa shape index (κ1) is 22.9. The number of nitrogens with zero attached hydrogens (tertiary/aromatic N) is 2. The average Bonchev–Trinajstić information content (AvgIpc) is 3.37. The van der Waals surface area contributed by atoms with Crippen molar-refractivity contribution in [1.82, 2.24) is 4.98 Å². The number of aryl methyl sites for hydroxylation is 1. The molecular formula is C25H17ClN2O6S. The molecule has 1 unspecified atom stereocenters. The minimum Gasteiger partial charge on any atom is -0.465 e. The molecule has 0 radical (unpaired) electrons. The molecule has 1 amide bonds. The molecule has 1 aliphatic rings. The lowest BCUT2D eigenvalue weighted by molar-refractivity contribution is 0.0600. The van der Waals surface area contributed by atoms with Crippen molar-refractivity contribution in [1.29, 1.82) is 0 Å². The van der Waals surface area contributed by atoms with Crippen LogP contribution in [0.3, 0.4) is 0 Å². The third-order valence-electron chi connectivity index (χ3n) is 5.79. The highest BCUT2D eigenvalue weighted by molar-refractivity contribution is 7.17. The number of ether oxygens (including phenoxy) is 1. The molecule has 10 heteroatoms. The molecule has 8 nitrogen and oxygen atoms in total. The zero-order chi connectivity index (χ0) is 25.0. The van der Waals surface area contributed by atoms with Crippen molar-refractivity contribution in [3.8, 4) is 0 Å². The van der Waals surface area contributed by atoms with Gasteiger partial charge in [0.2, 0.25) is 5.76 Å². The summed E-state index contributed by atoms with van der Waals surface area (Å²) in [6.45, 7) is 3.11. The van der Waals surface area contributed by atoms with Crippen LogP contribution in [-0.4, -0.2) is 29.8 Å². The van der Waals surface area contributed by atoms with Gasteiger partial charge in [-0.3, -0.25) is 19.3 Å². The fourth-order valence-corrected chi connectivity index (χ4v) is 5.35. The summed E-state index contributed by atoms with van der Waals surface area (Å²) in [6, 6.07) is 10.1. The topological polar surface area (TPSA) is 107 Å². The van der Waals surface area contributed by atoms with Crippen LogP contribution >= 0.6 is 22.9 Å². The summed E-state index contributed by atoms with van der Waals surface area (Å²) in [5.41, 5.74) is 1.31. The molecule has 35 heavy (non-hydrogen) atoms. The molecule has 0 spiro atoms. The summed E-state index contributed by atoms with van der Waals surface area (Å²) >= 11 is 7.18. The minimum absolute atomic E-state index is 0.107. The van der Waals surface area contributed by atoms with Gasteiger partial charge >= 0.3 is 5.97 Å². The quantitative estimate of drug-likeness (QED) is 0.283. The summed E-state index contributed by atoms with van der Waals surface area (Å²) in [6.07, 6.45) is 0. The van der Waals surface area contributed by atoms with Gasteiger partial charge in [-0.15, -0.1) is 0 Å². The zero-order valence-corrected chi connectivity index (χ0v) is 20.3. The maximum atomic E-state index is 13.6. The number of esters is 1. The number of amides is 1.